The lowest BCUT2D eigenvalue weighted by molar-refractivity contribution is 0.557. The van der Waals surface area contributed by atoms with Crippen molar-refractivity contribution in [2.75, 3.05) is 0 Å². The fraction of sp³-hybridized carbons (Fsp3) is 1.00. The molecule has 0 N–H and O–H groups in total. The molecule has 0 amide bonds. The highest BCUT2D eigenvalue weighted by atomic mass is 79.9. The van der Waals surface area contributed by atoms with Crippen LogP contribution in [0.1, 0.15) is 38.5 Å². The Morgan fingerprint density at radius 2 is 0.474 bits per heavy atom. The normalized spacial score (nSPS) is 42.6. The summed E-state index contributed by atoms with van der Waals surface area (Å²) in [7, 11) is 0. The Balaban J connectivity index is 0.00000324. The second kappa shape index (κ2) is 11.8. The van der Waals surface area contributed by atoms with E-state index in [1.54, 1.807) is 0 Å². The Kier molecular flexibility index (Phi) is 13.8. The van der Waals surface area contributed by atoms with E-state index in [0.29, 0.717) is 29.0 Å². The second-order valence-electron chi connectivity index (χ2n) is 4.83. The van der Waals surface area contributed by atoms with Gasteiger partial charge in [0, 0.05) is 29.0 Å². The van der Waals surface area contributed by atoms with Gasteiger partial charge < -0.3 is 0 Å². The van der Waals surface area contributed by atoms with Crippen LogP contribution in [0.3, 0.4) is 0 Å². The third-order valence-corrected chi connectivity index (χ3v) is 12.0. The molecule has 0 aliphatic heterocycles. The Morgan fingerprint density at radius 3 is 0.579 bits per heavy atom. The van der Waals surface area contributed by atoms with E-state index >= 15 is 0 Å². The van der Waals surface area contributed by atoms with E-state index in [0.717, 1.165) is 0 Å². The summed E-state index contributed by atoms with van der Waals surface area (Å²) in [5.74, 6) is 0. The van der Waals surface area contributed by atoms with Crippen LogP contribution < -0.4 is 0 Å². The van der Waals surface area contributed by atoms with Crippen LogP contribution in [0.4, 0.5) is 0 Å². The molecule has 7 unspecified atom stereocenters. The summed E-state index contributed by atoms with van der Waals surface area (Å²) in [4.78, 5) is 3.36. The van der Waals surface area contributed by atoms with Crippen molar-refractivity contribution in [2.45, 2.75) is 67.5 Å². The van der Waals surface area contributed by atoms with Gasteiger partial charge in [-0.2, -0.15) is 9.90 Å². The fourth-order valence-electron chi connectivity index (χ4n) is 2.04. The lowest BCUT2D eigenvalue weighted by Gasteiger charge is -2.25. The monoisotopic (exact) mass is 670 g/mol. The first kappa shape index (κ1) is 22.3. The molecular weight excluding hydrogens is 655 g/mol. The molecule has 1 saturated carbocycles. The molecule has 1 aliphatic rings. The lowest BCUT2D eigenvalue weighted by atomic mass is 10.0. The van der Waals surface area contributed by atoms with Crippen LogP contribution in [0.15, 0.2) is 0 Å². The molecule has 7 atom stereocenters. The van der Waals surface area contributed by atoms with Crippen molar-refractivity contribution in [3.8, 4) is 0 Å². The molecule has 0 nitrogen and oxygen atoms in total. The lowest BCUT2D eigenvalue weighted by Crippen LogP contribution is -2.25. The molecule has 1 rings (SSSR count). The Morgan fingerprint density at radius 1 is 0.368 bits per heavy atom. The van der Waals surface area contributed by atoms with Gasteiger partial charge >= 0.3 is 0 Å². The van der Waals surface area contributed by atoms with Gasteiger partial charge in [-0.3, -0.25) is 0 Å². The highest BCUT2D eigenvalue weighted by Crippen LogP contribution is 2.34. The van der Waals surface area contributed by atoms with Crippen LogP contribution in [0.2, 0.25) is 0 Å². The first-order chi connectivity index (χ1) is 8.41. The number of hydrogen-bond acceptors (Lipinski definition) is 0. The van der Waals surface area contributed by atoms with Gasteiger partial charge in [-0.1, -0.05) is 95.6 Å². The van der Waals surface area contributed by atoms with Crippen molar-refractivity contribution in [1.82, 2.24) is 0 Å². The van der Waals surface area contributed by atoms with Gasteiger partial charge in [0.25, 0.3) is 0 Å². The van der Waals surface area contributed by atoms with Crippen LogP contribution in [-0.4, -0.2) is 29.0 Å². The van der Waals surface area contributed by atoms with E-state index in [1.165, 1.54) is 38.5 Å². The summed E-state index contributed by atoms with van der Waals surface area (Å²) in [6.07, 6.45) is 7.24. The van der Waals surface area contributed by atoms with Gasteiger partial charge in [0.2, 0.25) is 0 Å². The molecule has 1 aliphatic carbocycles. The number of alkyl halides is 6. The predicted molar refractivity (Wildman–Crippen MR) is 115 cm³/mol. The fourth-order valence-corrected chi connectivity index (χ4v) is 5.21. The van der Waals surface area contributed by atoms with Crippen molar-refractivity contribution >= 4 is 105 Å². The molecule has 7 heteroatoms. The Hall–Kier alpha value is 3.31. The number of hydrogen-bond donors (Lipinski definition) is 0. The number of rotatable bonds is 0. The van der Waals surface area contributed by atoms with Crippen molar-refractivity contribution in [2.24, 2.45) is 0 Å². The largest absolute Gasteiger partial charge is 0.153 e. The van der Waals surface area contributed by atoms with Crippen molar-refractivity contribution in [3.63, 3.8) is 0 Å². The molecule has 0 bridgehead atoms. The third kappa shape index (κ3) is 8.65. The van der Waals surface area contributed by atoms with E-state index < -0.39 is 0 Å². The van der Waals surface area contributed by atoms with Gasteiger partial charge in [0.05, 0.1) is 0 Å². The minimum atomic E-state index is 0. The summed E-state index contributed by atoms with van der Waals surface area (Å²) in [5.41, 5.74) is 0. The van der Waals surface area contributed by atoms with Crippen LogP contribution in [-0.2, 0) is 0 Å². The van der Waals surface area contributed by atoms with Gasteiger partial charge in [-0.05, 0) is 38.5 Å². The molecule has 0 heterocycles. The minimum Gasteiger partial charge on any atom is -0.153 e. The van der Waals surface area contributed by atoms with Gasteiger partial charge in [0.1, 0.15) is 0 Å². The van der Waals surface area contributed by atoms with Gasteiger partial charge in [-0.15, -0.1) is 0 Å². The molecule has 0 aromatic rings. The average molecular weight is 676 g/mol. The molecule has 0 aromatic carbocycles. The SMILES string of the molecule is BrC1CCC(Br)C(Br)CCC(Br)C(Br)CCC1Br.P. The molecule has 19 heavy (non-hydrogen) atoms. The van der Waals surface area contributed by atoms with Crippen molar-refractivity contribution in [1.29, 1.82) is 0 Å². The molecule has 0 aromatic heterocycles. The predicted octanol–water partition coefficient (Wildman–Crippen LogP) is 6.98. The smallest absolute Gasteiger partial charge is 0.0271 e. The van der Waals surface area contributed by atoms with E-state index in [9.17, 15) is 0 Å². The summed E-state index contributed by atoms with van der Waals surface area (Å²) in [6.45, 7) is 0. The maximum Gasteiger partial charge on any atom is 0.0271 e. The quantitative estimate of drug-likeness (QED) is 0.192. The Labute approximate surface area is 171 Å². The summed E-state index contributed by atoms with van der Waals surface area (Å²) >= 11 is 22.9. The zero-order valence-electron chi connectivity index (χ0n) is 10.7. The summed E-state index contributed by atoms with van der Waals surface area (Å²) in [6, 6.07) is 0. The second-order valence-corrected chi connectivity index (χ2v) is 11.9. The molecule has 116 valence electrons. The van der Waals surface area contributed by atoms with Gasteiger partial charge in [0.15, 0.2) is 0 Å². The van der Waals surface area contributed by atoms with Gasteiger partial charge in [-0.25, -0.2) is 0 Å². The van der Waals surface area contributed by atoms with E-state index in [-0.39, 0.29) is 9.90 Å². The topological polar surface area (TPSA) is 0 Å². The van der Waals surface area contributed by atoms with Crippen molar-refractivity contribution in [3.05, 3.63) is 0 Å². The average Bonchev–Trinajstić information content (AvgIpc) is 2.36. The highest BCUT2D eigenvalue weighted by Gasteiger charge is 2.25. The van der Waals surface area contributed by atoms with E-state index in [1.807, 2.05) is 0 Å². The standard InChI is InChI=1S/C12H18Br6.H3P/c13-7-1-2-8(14)10(16)5-6-12(18)11(17)4-3-9(7)15;/h7-12H,1-6H2;1H3. The number of halogens is 6. The van der Waals surface area contributed by atoms with Crippen LogP contribution in [0, 0.1) is 0 Å². The maximum atomic E-state index is 3.82. The maximum absolute atomic E-state index is 3.82. The highest BCUT2D eigenvalue weighted by molar-refractivity contribution is 9.13. The minimum absolute atomic E-state index is 0. The summed E-state index contributed by atoms with van der Waals surface area (Å²) < 4.78 is 0. The third-order valence-electron chi connectivity index (χ3n) is 3.33. The summed E-state index contributed by atoms with van der Waals surface area (Å²) in [5, 5.41) is 0. The zero-order chi connectivity index (χ0) is 13.7. The van der Waals surface area contributed by atoms with E-state index in [4.69, 9.17) is 0 Å². The van der Waals surface area contributed by atoms with Crippen LogP contribution >= 0.6 is 105 Å². The van der Waals surface area contributed by atoms with Crippen LogP contribution in [0.25, 0.3) is 0 Å². The first-order valence-corrected chi connectivity index (χ1v) is 11.8. The molecule has 0 saturated heterocycles. The molecule has 1 fully saturated rings. The van der Waals surface area contributed by atoms with E-state index in [2.05, 4.69) is 95.6 Å². The first-order valence-electron chi connectivity index (χ1n) is 6.26. The molecule has 0 spiro atoms. The molecular formula is C12H21Br6P. The Bertz CT molecular complexity index is 180. The zero-order valence-corrected chi connectivity index (χ0v) is 21.6. The van der Waals surface area contributed by atoms with Crippen molar-refractivity contribution < 1.29 is 0 Å². The molecule has 0 radical (unpaired) electrons. The van der Waals surface area contributed by atoms with Crippen LogP contribution in [0.5, 0.6) is 0 Å².